The van der Waals surface area contributed by atoms with Gasteiger partial charge in [-0.15, -0.1) is 0 Å². The SMILES string of the molecule is CCOCCCN(Cc1cc2cc(C)cc(C)c2[nH]c1=O)C(=O)NC1CCCCC1. The molecule has 0 aliphatic heterocycles. The predicted molar refractivity (Wildman–Crippen MR) is 121 cm³/mol. The van der Waals surface area contributed by atoms with E-state index in [1.54, 1.807) is 4.90 Å². The molecule has 0 unspecified atom stereocenters. The molecule has 1 fully saturated rings. The molecule has 164 valence electrons. The van der Waals surface area contributed by atoms with Gasteiger partial charge in [0.1, 0.15) is 0 Å². The number of urea groups is 1. The zero-order chi connectivity index (χ0) is 21.5. The number of nitrogens with zero attached hydrogens (tertiary/aromatic N) is 1. The van der Waals surface area contributed by atoms with Crippen LogP contribution in [-0.2, 0) is 11.3 Å². The molecule has 0 spiro atoms. The van der Waals surface area contributed by atoms with Crippen LogP contribution in [0, 0.1) is 13.8 Å². The number of nitrogens with one attached hydrogen (secondary N) is 2. The van der Waals surface area contributed by atoms with E-state index in [0.717, 1.165) is 41.3 Å². The summed E-state index contributed by atoms with van der Waals surface area (Å²) in [5, 5.41) is 4.19. The second-order valence-electron chi connectivity index (χ2n) is 8.43. The van der Waals surface area contributed by atoms with Crippen LogP contribution in [0.15, 0.2) is 23.0 Å². The molecule has 0 radical (unpaired) electrons. The number of H-pyrrole nitrogens is 1. The van der Waals surface area contributed by atoms with Gasteiger partial charge in [0.2, 0.25) is 0 Å². The Hall–Kier alpha value is -2.34. The Morgan fingerprint density at radius 1 is 1.20 bits per heavy atom. The van der Waals surface area contributed by atoms with Crippen LogP contribution in [0.25, 0.3) is 10.9 Å². The van der Waals surface area contributed by atoms with Gasteiger partial charge in [0.15, 0.2) is 0 Å². The average molecular weight is 414 g/mol. The van der Waals surface area contributed by atoms with Crippen molar-refractivity contribution in [2.24, 2.45) is 0 Å². The summed E-state index contributed by atoms with van der Waals surface area (Å²) in [6.07, 6.45) is 6.39. The quantitative estimate of drug-likeness (QED) is 0.629. The Bertz CT molecular complexity index is 916. The Labute approximate surface area is 179 Å². The summed E-state index contributed by atoms with van der Waals surface area (Å²) in [6.45, 7) is 8.14. The molecule has 6 nitrogen and oxygen atoms in total. The van der Waals surface area contributed by atoms with Crippen LogP contribution >= 0.6 is 0 Å². The van der Waals surface area contributed by atoms with Gasteiger partial charge in [-0.1, -0.05) is 30.9 Å². The molecule has 0 saturated heterocycles. The maximum Gasteiger partial charge on any atom is 0.317 e. The van der Waals surface area contributed by atoms with Crippen LogP contribution in [0.2, 0.25) is 0 Å². The number of benzene rings is 1. The Kier molecular flexibility index (Phi) is 7.91. The first-order valence-corrected chi connectivity index (χ1v) is 11.2. The smallest absolute Gasteiger partial charge is 0.317 e. The lowest BCUT2D eigenvalue weighted by Gasteiger charge is -2.28. The van der Waals surface area contributed by atoms with E-state index in [4.69, 9.17) is 4.74 Å². The highest BCUT2D eigenvalue weighted by molar-refractivity contribution is 5.83. The molecular formula is C24H35N3O3. The number of ether oxygens (including phenoxy) is 1. The summed E-state index contributed by atoms with van der Waals surface area (Å²) in [4.78, 5) is 30.6. The summed E-state index contributed by atoms with van der Waals surface area (Å²) >= 11 is 0. The number of hydrogen-bond acceptors (Lipinski definition) is 3. The Balaban J connectivity index is 1.79. The number of carbonyl (C=O) groups excluding carboxylic acids is 1. The van der Waals surface area contributed by atoms with Crippen LogP contribution in [0.5, 0.6) is 0 Å². The van der Waals surface area contributed by atoms with Crippen molar-refractivity contribution in [3.05, 3.63) is 45.2 Å². The van der Waals surface area contributed by atoms with E-state index >= 15 is 0 Å². The minimum absolute atomic E-state index is 0.0849. The van der Waals surface area contributed by atoms with E-state index in [9.17, 15) is 9.59 Å². The molecule has 0 atom stereocenters. The lowest BCUT2D eigenvalue weighted by Crippen LogP contribution is -2.46. The van der Waals surface area contributed by atoms with Crippen LogP contribution in [-0.4, -0.2) is 41.7 Å². The Morgan fingerprint density at radius 3 is 2.70 bits per heavy atom. The van der Waals surface area contributed by atoms with Crippen molar-refractivity contribution < 1.29 is 9.53 Å². The normalized spacial score (nSPS) is 14.8. The number of hydrogen-bond donors (Lipinski definition) is 2. The molecule has 3 rings (SSSR count). The lowest BCUT2D eigenvalue weighted by atomic mass is 9.96. The van der Waals surface area contributed by atoms with Crippen LogP contribution < -0.4 is 10.9 Å². The maximum absolute atomic E-state index is 13.0. The average Bonchev–Trinajstić information content (AvgIpc) is 2.72. The van der Waals surface area contributed by atoms with Crippen LogP contribution in [0.3, 0.4) is 0 Å². The van der Waals surface area contributed by atoms with E-state index in [1.165, 1.54) is 19.3 Å². The zero-order valence-corrected chi connectivity index (χ0v) is 18.6. The molecule has 1 aliphatic rings. The van der Waals surface area contributed by atoms with Gasteiger partial charge in [-0.05, 0) is 63.1 Å². The van der Waals surface area contributed by atoms with E-state index in [0.29, 0.717) is 31.9 Å². The number of amides is 2. The van der Waals surface area contributed by atoms with E-state index in [2.05, 4.69) is 29.4 Å². The van der Waals surface area contributed by atoms with Gasteiger partial charge in [-0.3, -0.25) is 4.79 Å². The van der Waals surface area contributed by atoms with Gasteiger partial charge in [-0.2, -0.15) is 0 Å². The zero-order valence-electron chi connectivity index (χ0n) is 18.6. The highest BCUT2D eigenvalue weighted by Crippen LogP contribution is 2.20. The van der Waals surface area contributed by atoms with Crippen LogP contribution in [0.1, 0.15) is 62.1 Å². The van der Waals surface area contributed by atoms with Gasteiger partial charge in [0.25, 0.3) is 5.56 Å². The fraction of sp³-hybridized carbons (Fsp3) is 0.583. The van der Waals surface area contributed by atoms with Gasteiger partial charge >= 0.3 is 6.03 Å². The van der Waals surface area contributed by atoms with Gasteiger partial charge < -0.3 is 19.9 Å². The lowest BCUT2D eigenvalue weighted by molar-refractivity contribution is 0.131. The van der Waals surface area contributed by atoms with Crippen molar-refractivity contribution in [3.8, 4) is 0 Å². The summed E-state index contributed by atoms with van der Waals surface area (Å²) in [7, 11) is 0. The first kappa shape index (κ1) is 22.3. The molecule has 30 heavy (non-hydrogen) atoms. The topological polar surface area (TPSA) is 74.4 Å². The summed E-state index contributed by atoms with van der Waals surface area (Å²) in [6, 6.07) is 6.22. The van der Waals surface area contributed by atoms with Crippen molar-refractivity contribution in [1.82, 2.24) is 15.2 Å². The molecule has 2 N–H and O–H groups in total. The molecule has 1 aromatic carbocycles. The van der Waals surface area contributed by atoms with Crippen molar-refractivity contribution in [1.29, 1.82) is 0 Å². The molecule has 1 saturated carbocycles. The fourth-order valence-corrected chi connectivity index (χ4v) is 4.32. The van der Waals surface area contributed by atoms with Crippen molar-refractivity contribution in [3.63, 3.8) is 0 Å². The van der Waals surface area contributed by atoms with E-state index in [-0.39, 0.29) is 17.6 Å². The molecule has 6 heteroatoms. The third kappa shape index (κ3) is 5.85. The number of fused-ring (bicyclic) bond motifs is 1. The number of aromatic amines is 1. The standard InChI is InChI=1S/C24H35N3O3/c1-4-30-12-8-11-27(24(29)25-21-9-6-5-7-10-21)16-20-15-19-14-17(2)13-18(3)22(19)26-23(20)28/h13-15,21H,4-12,16H2,1-3H3,(H,25,29)(H,26,28). The van der Waals surface area contributed by atoms with E-state index < -0.39 is 0 Å². The molecule has 1 aliphatic carbocycles. The molecule has 2 amide bonds. The summed E-state index contributed by atoms with van der Waals surface area (Å²) < 4.78 is 5.45. The highest BCUT2D eigenvalue weighted by atomic mass is 16.5. The van der Waals surface area contributed by atoms with Crippen molar-refractivity contribution in [2.75, 3.05) is 19.8 Å². The minimum Gasteiger partial charge on any atom is -0.382 e. The van der Waals surface area contributed by atoms with Gasteiger partial charge in [0.05, 0.1) is 12.1 Å². The number of rotatable bonds is 8. The summed E-state index contributed by atoms with van der Waals surface area (Å²) in [5.41, 5.74) is 3.56. The first-order chi connectivity index (χ1) is 14.5. The molecule has 0 bridgehead atoms. The first-order valence-electron chi connectivity index (χ1n) is 11.2. The third-order valence-corrected chi connectivity index (χ3v) is 5.87. The van der Waals surface area contributed by atoms with E-state index in [1.807, 2.05) is 19.9 Å². The third-order valence-electron chi connectivity index (χ3n) is 5.87. The van der Waals surface area contributed by atoms with Crippen molar-refractivity contribution >= 4 is 16.9 Å². The van der Waals surface area contributed by atoms with Crippen LogP contribution in [0.4, 0.5) is 4.79 Å². The monoisotopic (exact) mass is 413 g/mol. The van der Waals surface area contributed by atoms with Gasteiger partial charge in [0, 0.05) is 31.4 Å². The molecule has 1 heterocycles. The van der Waals surface area contributed by atoms with Crippen molar-refractivity contribution in [2.45, 2.75) is 71.9 Å². The summed E-state index contributed by atoms with van der Waals surface area (Å²) in [5.74, 6) is 0. The second-order valence-corrected chi connectivity index (χ2v) is 8.43. The van der Waals surface area contributed by atoms with Gasteiger partial charge in [-0.25, -0.2) is 4.79 Å². The predicted octanol–water partition coefficient (Wildman–Crippen LogP) is 4.42. The molecule has 2 aromatic rings. The minimum atomic E-state index is -0.130. The largest absolute Gasteiger partial charge is 0.382 e. The Morgan fingerprint density at radius 2 is 1.97 bits per heavy atom. The maximum atomic E-state index is 13.0. The fourth-order valence-electron chi connectivity index (χ4n) is 4.32. The highest BCUT2D eigenvalue weighted by Gasteiger charge is 2.21. The molecular weight excluding hydrogens is 378 g/mol. The second kappa shape index (κ2) is 10.6. The number of pyridine rings is 1. The number of aryl methyl sites for hydroxylation is 2. The molecule has 1 aromatic heterocycles. The number of aromatic nitrogens is 1. The number of carbonyl (C=O) groups is 1.